The highest BCUT2D eigenvalue weighted by Gasteiger charge is 2.60. The zero-order valence-corrected chi connectivity index (χ0v) is 12.5. The first kappa shape index (κ1) is 12.7. The maximum Gasteiger partial charge on any atom is 0.0734 e. The molecule has 2 atom stereocenters. The van der Waals surface area contributed by atoms with E-state index in [0.717, 1.165) is 17.8 Å². The summed E-state index contributed by atoms with van der Waals surface area (Å²) in [6.07, 6.45) is 13.7. The van der Waals surface area contributed by atoms with Gasteiger partial charge in [-0.1, -0.05) is 32.6 Å². The zero-order chi connectivity index (χ0) is 13.0. The molecule has 0 spiro atoms. The van der Waals surface area contributed by atoms with Gasteiger partial charge in [0.1, 0.15) is 0 Å². The van der Waals surface area contributed by atoms with Crippen LogP contribution in [0.2, 0.25) is 0 Å². The Balaban J connectivity index is 1.64. The minimum Gasteiger partial charge on any atom is -0.389 e. The van der Waals surface area contributed by atoms with Crippen molar-refractivity contribution in [3.63, 3.8) is 0 Å². The minimum atomic E-state index is -0.255. The highest BCUT2D eigenvalue weighted by atomic mass is 16.3. The number of rotatable bonds is 2. The second-order valence-electron chi connectivity index (χ2n) is 8.25. The van der Waals surface area contributed by atoms with Crippen LogP contribution in [0.15, 0.2) is 0 Å². The summed E-state index contributed by atoms with van der Waals surface area (Å²) < 4.78 is 0. The van der Waals surface area contributed by atoms with Crippen LogP contribution in [0.4, 0.5) is 0 Å². The molecule has 0 aromatic heterocycles. The molecule has 4 bridgehead atoms. The smallest absolute Gasteiger partial charge is 0.0734 e. The molecule has 0 heterocycles. The summed E-state index contributed by atoms with van der Waals surface area (Å²) in [6.45, 7) is 2.35. The molecule has 0 amide bonds. The van der Waals surface area contributed by atoms with E-state index in [-0.39, 0.29) is 5.60 Å². The van der Waals surface area contributed by atoms with Crippen LogP contribution in [-0.2, 0) is 0 Å². The molecule has 1 nitrogen and oxygen atoms in total. The molecule has 5 aliphatic rings. The third-order valence-corrected chi connectivity index (χ3v) is 7.47. The van der Waals surface area contributed by atoms with Crippen molar-refractivity contribution in [3.8, 4) is 0 Å². The number of hydrogen-bond donors (Lipinski definition) is 1. The van der Waals surface area contributed by atoms with Gasteiger partial charge in [-0.2, -0.15) is 0 Å². The van der Waals surface area contributed by atoms with Crippen molar-refractivity contribution in [2.24, 2.45) is 35.5 Å². The van der Waals surface area contributed by atoms with Crippen molar-refractivity contribution in [1.29, 1.82) is 0 Å². The summed E-state index contributed by atoms with van der Waals surface area (Å²) in [4.78, 5) is 0. The maximum atomic E-state index is 11.7. The van der Waals surface area contributed by atoms with Crippen molar-refractivity contribution in [1.82, 2.24) is 0 Å². The number of hydrogen-bond acceptors (Lipinski definition) is 1. The van der Waals surface area contributed by atoms with E-state index in [2.05, 4.69) is 6.92 Å². The third kappa shape index (κ3) is 1.76. The SMILES string of the molecule is CCC1CCCCC1C1(O)C2CC3CC(C2)CC1C3. The molecule has 5 fully saturated rings. The van der Waals surface area contributed by atoms with Crippen LogP contribution in [0.25, 0.3) is 0 Å². The summed E-state index contributed by atoms with van der Waals surface area (Å²) in [6, 6.07) is 0. The number of aliphatic hydroxyl groups is 1. The molecule has 19 heavy (non-hydrogen) atoms. The quantitative estimate of drug-likeness (QED) is 0.782. The van der Waals surface area contributed by atoms with Crippen LogP contribution in [0, 0.1) is 35.5 Å². The van der Waals surface area contributed by atoms with Crippen LogP contribution in [0.3, 0.4) is 0 Å². The van der Waals surface area contributed by atoms with Gasteiger partial charge < -0.3 is 5.11 Å². The first-order valence-corrected chi connectivity index (χ1v) is 8.94. The van der Waals surface area contributed by atoms with Gasteiger partial charge in [0.2, 0.25) is 0 Å². The molecule has 0 radical (unpaired) electrons. The summed E-state index contributed by atoms with van der Waals surface area (Å²) >= 11 is 0. The molecule has 0 saturated heterocycles. The third-order valence-electron chi connectivity index (χ3n) is 7.47. The molecular weight excluding hydrogens is 232 g/mol. The van der Waals surface area contributed by atoms with E-state index in [4.69, 9.17) is 0 Å². The normalized spacial score (nSPS) is 56.5. The average molecular weight is 262 g/mol. The molecule has 0 aromatic carbocycles. The van der Waals surface area contributed by atoms with E-state index in [0.29, 0.717) is 17.8 Å². The van der Waals surface area contributed by atoms with E-state index < -0.39 is 0 Å². The molecule has 5 saturated carbocycles. The lowest BCUT2D eigenvalue weighted by Crippen LogP contribution is -2.62. The molecule has 0 aromatic rings. The lowest BCUT2D eigenvalue weighted by Gasteiger charge is -2.63. The maximum absolute atomic E-state index is 11.7. The Labute approximate surface area is 118 Å². The Morgan fingerprint density at radius 3 is 2.05 bits per heavy atom. The molecular formula is C18H30O. The van der Waals surface area contributed by atoms with Gasteiger partial charge >= 0.3 is 0 Å². The Bertz CT molecular complexity index is 320. The Kier molecular flexibility index (Phi) is 2.99. The fourth-order valence-corrected chi connectivity index (χ4v) is 6.85. The molecule has 0 aliphatic heterocycles. The van der Waals surface area contributed by atoms with Crippen LogP contribution < -0.4 is 0 Å². The van der Waals surface area contributed by atoms with Crippen molar-refractivity contribution in [2.75, 3.05) is 0 Å². The zero-order valence-electron chi connectivity index (χ0n) is 12.5. The highest BCUT2D eigenvalue weighted by molar-refractivity contribution is 5.10. The summed E-state index contributed by atoms with van der Waals surface area (Å²) in [5, 5.41) is 11.7. The Morgan fingerprint density at radius 2 is 1.47 bits per heavy atom. The lowest BCUT2D eigenvalue weighted by atomic mass is 9.45. The van der Waals surface area contributed by atoms with Gasteiger partial charge in [-0.15, -0.1) is 0 Å². The Hall–Kier alpha value is -0.0400. The highest BCUT2D eigenvalue weighted by Crippen LogP contribution is 2.62. The molecule has 1 heteroatoms. The van der Waals surface area contributed by atoms with Crippen LogP contribution in [0.1, 0.15) is 71.1 Å². The van der Waals surface area contributed by atoms with E-state index in [9.17, 15) is 5.11 Å². The summed E-state index contributed by atoms with van der Waals surface area (Å²) in [5.74, 6) is 4.75. The van der Waals surface area contributed by atoms with Gasteiger partial charge in [-0.3, -0.25) is 0 Å². The van der Waals surface area contributed by atoms with Crippen molar-refractivity contribution in [3.05, 3.63) is 0 Å². The minimum absolute atomic E-state index is 0.255. The molecule has 5 aliphatic carbocycles. The lowest BCUT2D eigenvalue weighted by molar-refractivity contribution is -0.216. The van der Waals surface area contributed by atoms with Gasteiger partial charge in [0, 0.05) is 0 Å². The topological polar surface area (TPSA) is 20.2 Å². The second kappa shape index (κ2) is 4.48. The van der Waals surface area contributed by atoms with Gasteiger partial charge in [-0.05, 0) is 74.0 Å². The van der Waals surface area contributed by atoms with Crippen molar-refractivity contribution < 1.29 is 5.11 Å². The average Bonchev–Trinajstić information content (AvgIpc) is 2.43. The van der Waals surface area contributed by atoms with E-state index in [1.54, 1.807) is 0 Å². The first-order valence-electron chi connectivity index (χ1n) is 8.94. The van der Waals surface area contributed by atoms with Crippen LogP contribution in [0.5, 0.6) is 0 Å². The van der Waals surface area contributed by atoms with Gasteiger partial charge in [0.05, 0.1) is 5.60 Å². The fraction of sp³-hybridized carbons (Fsp3) is 1.00. The first-order chi connectivity index (χ1) is 9.21. The summed E-state index contributed by atoms with van der Waals surface area (Å²) in [7, 11) is 0. The molecule has 5 rings (SSSR count). The van der Waals surface area contributed by atoms with Gasteiger partial charge in [-0.25, -0.2) is 0 Å². The predicted molar refractivity (Wildman–Crippen MR) is 77.7 cm³/mol. The van der Waals surface area contributed by atoms with Crippen molar-refractivity contribution >= 4 is 0 Å². The van der Waals surface area contributed by atoms with Gasteiger partial charge in [0.15, 0.2) is 0 Å². The largest absolute Gasteiger partial charge is 0.389 e. The molecule has 108 valence electrons. The fourth-order valence-electron chi connectivity index (χ4n) is 6.85. The van der Waals surface area contributed by atoms with E-state index in [1.165, 1.54) is 64.2 Å². The van der Waals surface area contributed by atoms with Crippen LogP contribution in [-0.4, -0.2) is 10.7 Å². The van der Waals surface area contributed by atoms with Crippen molar-refractivity contribution in [2.45, 2.75) is 76.7 Å². The molecule has 1 N–H and O–H groups in total. The summed E-state index contributed by atoms with van der Waals surface area (Å²) in [5.41, 5.74) is -0.255. The molecule has 2 unspecified atom stereocenters. The predicted octanol–water partition coefficient (Wildman–Crippen LogP) is 4.39. The monoisotopic (exact) mass is 262 g/mol. The standard InChI is InChI=1S/C18H30O/c1-2-14-5-3-4-6-17(14)18(19)15-8-12-7-13(10-15)11-16(18)9-12/h12-17,19H,2-11H2,1H3. The van der Waals surface area contributed by atoms with Gasteiger partial charge in [0.25, 0.3) is 0 Å². The Morgan fingerprint density at radius 1 is 0.895 bits per heavy atom. The van der Waals surface area contributed by atoms with E-state index >= 15 is 0 Å². The van der Waals surface area contributed by atoms with E-state index in [1.807, 2.05) is 0 Å². The van der Waals surface area contributed by atoms with Crippen LogP contribution >= 0.6 is 0 Å². The second-order valence-corrected chi connectivity index (χ2v) is 8.25.